The quantitative estimate of drug-likeness (QED) is 0.523. The Kier molecular flexibility index (Phi) is 5.54. The van der Waals surface area contributed by atoms with Crippen LogP contribution < -0.4 is 5.32 Å². The van der Waals surface area contributed by atoms with Crippen molar-refractivity contribution in [1.29, 1.82) is 0 Å². The number of hydrogen-bond donors (Lipinski definition) is 0. The Bertz CT molecular complexity index is 126. The lowest BCUT2D eigenvalue weighted by molar-refractivity contribution is 0.160. The zero-order valence-corrected chi connectivity index (χ0v) is 10.0. The van der Waals surface area contributed by atoms with E-state index in [1.807, 2.05) is 0 Å². The Morgan fingerprint density at radius 2 is 1.71 bits per heavy atom. The fourth-order valence-corrected chi connectivity index (χ4v) is 2.25. The van der Waals surface area contributed by atoms with E-state index in [9.17, 15) is 0 Å². The van der Waals surface area contributed by atoms with Crippen LogP contribution in [-0.4, -0.2) is 12.1 Å². The number of unbranched alkanes of at least 4 members (excludes halogenated alkanes) is 3. The zero-order valence-electron chi connectivity index (χ0n) is 10.0. The Balaban J connectivity index is 2.13. The SMILES string of the molecule is CCCCCC1([N]CCCC)CCC1. The van der Waals surface area contributed by atoms with Crippen LogP contribution in [0.2, 0.25) is 0 Å². The summed E-state index contributed by atoms with van der Waals surface area (Å²) in [6, 6.07) is 0. The lowest BCUT2D eigenvalue weighted by Gasteiger charge is -2.41. The smallest absolute Gasteiger partial charge is 0.0356 e. The first-order chi connectivity index (χ1) is 6.83. The molecule has 1 aliphatic carbocycles. The van der Waals surface area contributed by atoms with E-state index in [4.69, 9.17) is 5.32 Å². The minimum absolute atomic E-state index is 0.449. The van der Waals surface area contributed by atoms with E-state index in [0.717, 1.165) is 6.54 Å². The molecule has 83 valence electrons. The van der Waals surface area contributed by atoms with Crippen LogP contribution in [0.4, 0.5) is 0 Å². The van der Waals surface area contributed by atoms with Crippen molar-refractivity contribution in [2.24, 2.45) is 0 Å². The van der Waals surface area contributed by atoms with Crippen molar-refractivity contribution >= 4 is 0 Å². The van der Waals surface area contributed by atoms with E-state index in [0.29, 0.717) is 5.54 Å². The van der Waals surface area contributed by atoms with Crippen LogP contribution in [0.25, 0.3) is 0 Å². The molecule has 1 fully saturated rings. The monoisotopic (exact) mass is 196 g/mol. The second kappa shape index (κ2) is 6.44. The molecule has 0 amide bonds. The summed E-state index contributed by atoms with van der Waals surface area (Å²) >= 11 is 0. The van der Waals surface area contributed by atoms with Crippen LogP contribution in [0.5, 0.6) is 0 Å². The molecule has 1 rings (SSSR count). The molecule has 0 bridgehead atoms. The minimum Gasteiger partial charge on any atom is -0.235 e. The average Bonchev–Trinajstić information content (AvgIpc) is 2.13. The van der Waals surface area contributed by atoms with Gasteiger partial charge in [0.25, 0.3) is 0 Å². The molecule has 1 heteroatoms. The summed E-state index contributed by atoms with van der Waals surface area (Å²) < 4.78 is 0. The van der Waals surface area contributed by atoms with E-state index < -0.39 is 0 Å². The van der Waals surface area contributed by atoms with Crippen LogP contribution in [0.3, 0.4) is 0 Å². The molecule has 14 heavy (non-hydrogen) atoms. The maximum Gasteiger partial charge on any atom is 0.0356 e. The van der Waals surface area contributed by atoms with Gasteiger partial charge >= 0.3 is 0 Å². The standard InChI is InChI=1S/C13H26N/c1-3-5-7-9-13(10-8-11-13)14-12-6-4-2/h3-12H2,1-2H3. The molecule has 0 aliphatic heterocycles. The van der Waals surface area contributed by atoms with Gasteiger partial charge in [-0.05, 0) is 32.1 Å². The summed E-state index contributed by atoms with van der Waals surface area (Å²) in [5.74, 6) is 0. The first kappa shape index (κ1) is 12.0. The van der Waals surface area contributed by atoms with Gasteiger partial charge in [0.1, 0.15) is 0 Å². The molecule has 0 heterocycles. The van der Waals surface area contributed by atoms with Gasteiger partial charge in [-0.2, -0.15) is 0 Å². The third kappa shape index (κ3) is 3.61. The topological polar surface area (TPSA) is 14.1 Å². The molecule has 0 unspecified atom stereocenters. The first-order valence-corrected chi connectivity index (χ1v) is 6.51. The summed E-state index contributed by atoms with van der Waals surface area (Å²) in [6.07, 6.45) is 12.2. The van der Waals surface area contributed by atoms with Crippen molar-refractivity contribution in [2.45, 2.75) is 77.2 Å². The maximum atomic E-state index is 4.92. The third-order valence-electron chi connectivity index (χ3n) is 3.49. The summed E-state index contributed by atoms with van der Waals surface area (Å²) in [4.78, 5) is 0. The molecular formula is C13H26N. The second-order valence-corrected chi connectivity index (χ2v) is 4.77. The zero-order chi connectivity index (χ0) is 10.3. The van der Waals surface area contributed by atoms with Crippen molar-refractivity contribution in [2.75, 3.05) is 6.54 Å². The van der Waals surface area contributed by atoms with Gasteiger partial charge in [0.2, 0.25) is 0 Å². The summed E-state index contributed by atoms with van der Waals surface area (Å²) in [5, 5.41) is 4.92. The van der Waals surface area contributed by atoms with Gasteiger partial charge in [0, 0.05) is 12.1 Å². The van der Waals surface area contributed by atoms with Gasteiger partial charge in [-0.3, -0.25) is 0 Å². The van der Waals surface area contributed by atoms with Crippen molar-refractivity contribution in [3.8, 4) is 0 Å². The molecule has 0 aromatic heterocycles. The molecule has 1 radical (unpaired) electrons. The van der Waals surface area contributed by atoms with Crippen molar-refractivity contribution in [1.82, 2.24) is 5.32 Å². The van der Waals surface area contributed by atoms with Crippen molar-refractivity contribution < 1.29 is 0 Å². The number of hydrogen-bond acceptors (Lipinski definition) is 0. The highest BCUT2D eigenvalue weighted by atomic mass is 15.0. The Hall–Kier alpha value is -0.0400. The highest BCUT2D eigenvalue weighted by molar-refractivity contribution is 4.95. The summed E-state index contributed by atoms with van der Waals surface area (Å²) in [7, 11) is 0. The van der Waals surface area contributed by atoms with Crippen LogP contribution in [0.1, 0.15) is 71.6 Å². The highest BCUT2D eigenvalue weighted by Gasteiger charge is 2.36. The maximum absolute atomic E-state index is 4.92. The van der Waals surface area contributed by atoms with Crippen molar-refractivity contribution in [3.05, 3.63) is 0 Å². The van der Waals surface area contributed by atoms with E-state index in [1.165, 1.54) is 57.8 Å². The fourth-order valence-electron chi connectivity index (χ4n) is 2.25. The van der Waals surface area contributed by atoms with Gasteiger partial charge < -0.3 is 0 Å². The van der Waals surface area contributed by atoms with E-state index >= 15 is 0 Å². The molecule has 0 N–H and O–H groups in total. The molecular weight excluding hydrogens is 170 g/mol. The Labute approximate surface area is 89.7 Å². The first-order valence-electron chi connectivity index (χ1n) is 6.51. The van der Waals surface area contributed by atoms with Crippen LogP contribution in [-0.2, 0) is 0 Å². The molecule has 1 aliphatic rings. The van der Waals surface area contributed by atoms with Crippen LogP contribution in [0, 0.1) is 0 Å². The highest BCUT2D eigenvalue weighted by Crippen LogP contribution is 2.37. The Morgan fingerprint density at radius 3 is 2.21 bits per heavy atom. The normalized spacial score (nSPS) is 19.3. The molecule has 0 saturated heterocycles. The van der Waals surface area contributed by atoms with E-state index in [-0.39, 0.29) is 0 Å². The third-order valence-corrected chi connectivity index (χ3v) is 3.49. The largest absolute Gasteiger partial charge is 0.235 e. The van der Waals surface area contributed by atoms with Gasteiger partial charge in [-0.1, -0.05) is 39.5 Å². The van der Waals surface area contributed by atoms with Gasteiger partial charge in [-0.15, -0.1) is 0 Å². The molecule has 0 aromatic rings. The molecule has 1 saturated carbocycles. The molecule has 0 aromatic carbocycles. The second-order valence-electron chi connectivity index (χ2n) is 4.77. The molecule has 0 atom stereocenters. The summed E-state index contributed by atoms with van der Waals surface area (Å²) in [5.41, 5.74) is 0.449. The predicted molar refractivity (Wildman–Crippen MR) is 62.6 cm³/mol. The Morgan fingerprint density at radius 1 is 1.00 bits per heavy atom. The van der Waals surface area contributed by atoms with E-state index in [1.54, 1.807) is 0 Å². The van der Waals surface area contributed by atoms with Gasteiger partial charge in [0.15, 0.2) is 0 Å². The van der Waals surface area contributed by atoms with Crippen LogP contribution in [0.15, 0.2) is 0 Å². The van der Waals surface area contributed by atoms with Crippen LogP contribution >= 0.6 is 0 Å². The lowest BCUT2D eigenvalue weighted by atomic mass is 9.73. The van der Waals surface area contributed by atoms with E-state index in [2.05, 4.69) is 13.8 Å². The number of rotatable bonds is 8. The average molecular weight is 196 g/mol. The summed E-state index contributed by atoms with van der Waals surface area (Å²) in [6.45, 7) is 5.64. The number of nitrogens with zero attached hydrogens (tertiary/aromatic N) is 1. The molecule has 0 spiro atoms. The fraction of sp³-hybridized carbons (Fsp3) is 1.00. The minimum atomic E-state index is 0.449. The lowest BCUT2D eigenvalue weighted by Crippen LogP contribution is -2.46. The predicted octanol–water partition coefficient (Wildman–Crippen LogP) is 3.89. The van der Waals surface area contributed by atoms with Crippen molar-refractivity contribution in [3.63, 3.8) is 0 Å². The van der Waals surface area contributed by atoms with Gasteiger partial charge in [0.05, 0.1) is 0 Å². The molecule has 1 nitrogen and oxygen atoms in total. The van der Waals surface area contributed by atoms with Gasteiger partial charge in [-0.25, -0.2) is 5.32 Å².